The van der Waals surface area contributed by atoms with Crippen molar-refractivity contribution in [3.05, 3.63) is 63.8 Å². The maximum atomic E-state index is 13.5. The number of nitrogens with zero attached hydrogens (tertiary/aromatic N) is 1. The molecule has 9 nitrogen and oxygen atoms in total. The molecule has 3 atom stereocenters. The van der Waals surface area contributed by atoms with Crippen LogP contribution in [0.5, 0.6) is 11.5 Å². The third kappa shape index (κ3) is 6.81. The number of halogens is 1. The molecule has 4 rings (SSSR count). The van der Waals surface area contributed by atoms with Gasteiger partial charge in [0.15, 0.2) is 23.2 Å². The van der Waals surface area contributed by atoms with Crippen LogP contribution in [-0.4, -0.2) is 60.8 Å². The van der Waals surface area contributed by atoms with E-state index < -0.39 is 6.04 Å². The number of carbonyl (C=O) groups excluding carboxylic acids is 2. The quantitative estimate of drug-likeness (QED) is 0.426. The fraction of sp³-hybridized carbons (Fsp3) is 0.393. The van der Waals surface area contributed by atoms with Crippen molar-refractivity contribution in [3.8, 4) is 11.5 Å². The van der Waals surface area contributed by atoms with Crippen molar-refractivity contribution in [2.75, 3.05) is 32.1 Å². The molecule has 0 radical (unpaired) electrons. The van der Waals surface area contributed by atoms with Crippen LogP contribution in [0, 0.1) is 6.92 Å². The van der Waals surface area contributed by atoms with E-state index in [1.807, 2.05) is 32.9 Å². The van der Waals surface area contributed by atoms with Gasteiger partial charge in [-0.2, -0.15) is 0 Å². The summed E-state index contributed by atoms with van der Waals surface area (Å²) in [4.78, 5) is 28.0. The predicted molar refractivity (Wildman–Crippen MR) is 154 cm³/mol. The van der Waals surface area contributed by atoms with E-state index in [0.29, 0.717) is 51.7 Å². The summed E-state index contributed by atoms with van der Waals surface area (Å²) < 4.78 is 17.2. The summed E-state index contributed by atoms with van der Waals surface area (Å²) in [5.74, 6) is 0.423. The Labute approximate surface area is 238 Å². The molecular weight excluding hydrogens is 540 g/mol. The second-order valence-electron chi connectivity index (χ2n) is 9.74. The number of methoxy groups -OCH3 is 1. The number of morpholine rings is 1. The second kappa shape index (κ2) is 12.2. The molecule has 0 saturated carbocycles. The maximum absolute atomic E-state index is 13.5. The molecule has 2 amide bonds. The molecule has 0 aromatic heterocycles. The average Bonchev–Trinajstić information content (AvgIpc) is 2.88. The highest BCUT2D eigenvalue weighted by atomic mass is 35.5. The molecule has 39 heavy (non-hydrogen) atoms. The van der Waals surface area contributed by atoms with Gasteiger partial charge >= 0.3 is 0 Å². The monoisotopic (exact) mass is 572 g/mol. The van der Waals surface area contributed by atoms with Gasteiger partial charge in [0.25, 0.3) is 11.8 Å². The van der Waals surface area contributed by atoms with Crippen LogP contribution in [0.4, 0.5) is 5.69 Å². The number of carbonyl (C=O) groups is 2. The standard InChI is InChI=1S/C28H33ClN4O5S/c1-15-6-8-20(29)11-21(15)31-27(35)25-18(4)30-28(39)32-26(25)19-7-9-22(23(10-19)36-5)37-14-24(34)33-12-16(2)38-17(3)13-33/h6-11,16-17,26H,12-14H2,1-5H3,(H,31,35)(H2,30,32,39). The molecule has 2 aliphatic heterocycles. The van der Waals surface area contributed by atoms with E-state index in [2.05, 4.69) is 16.0 Å². The first kappa shape index (κ1) is 28.7. The van der Waals surface area contributed by atoms with Crippen LogP contribution in [0.1, 0.15) is 37.9 Å². The summed E-state index contributed by atoms with van der Waals surface area (Å²) in [7, 11) is 1.52. The summed E-state index contributed by atoms with van der Waals surface area (Å²) in [6.07, 6.45) is -0.0541. The summed E-state index contributed by atoms with van der Waals surface area (Å²) in [5.41, 5.74) is 3.32. The average molecular weight is 573 g/mol. The molecule has 3 unspecified atom stereocenters. The molecule has 2 aromatic carbocycles. The van der Waals surface area contributed by atoms with Crippen LogP contribution in [0.25, 0.3) is 0 Å². The van der Waals surface area contributed by atoms with Crippen molar-refractivity contribution in [1.82, 2.24) is 15.5 Å². The lowest BCUT2D eigenvalue weighted by Crippen LogP contribution is -2.49. The Balaban J connectivity index is 1.54. The summed E-state index contributed by atoms with van der Waals surface area (Å²) in [6.45, 7) is 8.50. The molecule has 2 aromatic rings. The summed E-state index contributed by atoms with van der Waals surface area (Å²) in [6, 6.07) is 10.1. The Morgan fingerprint density at radius 1 is 1.13 bits per heavy atom. The number of anilines is 1. The van der Waals surface area contributed by atoms with Gasteiger partial charge in [-0.05, 0) is 75.3 Å². The molecule has 1 fully saturated rings. The first-order valence-corrected chi connectivity index (χ1v) is 13.4. The minimum absolute atomic E-state index is 0.0271. The molecule has 3 N–H and O–H groups in total. The number of hydrogen-bond donors (Lipinski definition) is 3. The third-order valence-corrected chi connectivity index (χ3v) is 7.06. The number of allylic oxidation sites excluding steroid dienone is 1. The molecule has 0 spiro atoms. The number of amides is 2. The van der Waals surface area contributed by atoms with E-state index in [4.69, 9.17) is 38.0 Å². The lowest BCUT2D eigenvalue weighted by atomic mass is 9.94. The number of nitrogens with one attached hydrogen (secondary N) is 3. The topological polar surface area (TPSA) is 101 Å². The number of rotatable bonds is 7. The maximum Gasteiger partial charge on any atom is 0.260 e. The highest BCUT2D eigenvalue weighted by Crippen LogP contribution is 2.35. The van der Waals surface area contributed by atoms with E-state index in [0.717, 1.165) is 11.1 Å². The van der Waals surface area contributed by atoms with Gasteiger partial charge in [-0.1, -0.05) is 23.7 Å². The van der Waals surface area contributed by atoms with E-state index >= 15 is 0 Å². The SMILES string of the molecule is COc1cc(C2NC(=S)NC(C)=C2C(=O)Nc2cc(Cl)ccc2C)ccc1OCC(=O)N1CC(C)OC(C)C1. The van der Waals surface area contributed by atoms with Gasteiger partial charge in [0.1, 0.15) is 0 Å². The zero-order valence-corrected chi connectivity index (χ0v) is 24.2. The minimum atomic E-state index is -0.556. The van der Waals surface area contributed by atoms with Crippen molar-refractivity contribution >= 4 is 46.4 Å². The van der Waals surface area contributed by atoms with E-state index in [1.165, 1.54) is 7.11 Å². The van der Waals surface area contributed by atoms with Crippen LogP contribution in [0.3, 0.4) is 0 Å². The molecule has 208 valence electrons. The highest BCUT2D eigenvalue weighted by molar-refractivity contribution is 7.80. The molecule has 2 aliphatic rings. The Bertz CT molecular complexity index is 1310. The van der Waals surface area contributed by atoms with Crippen molar-refractivity contribution < 1.29 is 23.8 Å². The highest BCUT2D eigenvalue weighted by Gasteiger charge is 2.31. The number of ether oxygens (including phenoxy) is 3. The molecule has 1 saturated heterocycles. The van der Waals surface area contributed by atoms with Crippen molar-refractivity contribution in [1.29, 1.82) is 0 Å². The van der Waals surface area contributed by atoms with Crippen molar-refractivity contribution in [2.24, 2.45) is 0 Å². The van der Waals surface area contributed by atoms with Gasteiger partial charge < -0.3 is 35.1 Å². The molecule has 11 heteroatoms. The summed E-state index contributed by atoms with van der Waals surface area (Å²) >= 11 is 11.5. The van der Waals surface area contributed by atoms with Crippen LogP contribution in [-0.2, 0) is 14.3 Å². The van der Waals surface area contributed by atoms with Gasteiger partial charge in [0.2, 0.25) is 0 Å². The lowest BCUT2D eigenvalue weighted by Gasteiger charge is -2.35. The van der Waals surface area contributed by atoms with Crippen molar-refractivity contribution in [2.45, 2.75) is 45.9 Å². The third-order valence-electron chi connectivity index (χ3n) is 6.61. The van der Waals surface area contributed by atoms with Gasteiger partial charge in [0, 0.05) is 29.5 Å². The van der Waals surface area contributed by atoms with E-state index in [1.54, 1.807) is 36.1 Å². The smallest absolute Gasteiger partial charge is 0.260 e. The van der Waals surface area contributed by atoms with Gasteiger partial charge in [-0.25, -0.2) is 0 Å². The van der Waals surface area contributed by atoms with Crippen LogP contribution < -0.4 is 25.4 Å². The Morgan fingerprint density at radius 2 is 1.85 bits per heavy atom. The fourth-order valence-corrected chi connectivity index (χ4v) is 5.20. The van der Waals surface area contributed by atoms with Gasteiger partial charge in [-0.3, -0.25) is 9.59 Å². The first-order chi connectivity index (χ1) is 18.5. The number of aryl methyl sites for hydroxylation is 1. The Kier molecular flexibility index (Phi) is 8.99. The largest absolute Gasteiger partial charge is 0.493 e. The Morgan fingerprint density at radius 3 is 2.54 bits per heavy atom. The first-order valence-electron chi connectivity index (χ1n) is 12.7. The van der Waals surface area contributed by atoms with Crippen molar-refractivity contribution in [3.63, 3.8) is 0 Å². The molecule has 2 heterocycles. The van der Waals surface area contributed by atoms with Crippen LogP contribution >= 0.6 is 23.8 Å². The zero-order chi connectivity index (χ0) is 28.3. The molecule has 0 aliphatic carbocycles. The fourth-order valence-electron chi connectivity index (χ4n) is 4.76. The molecule has 0 bridgehead atoms. The van der Waals surface area contributed by atoms with E-state index in [9.17, 15) is 9.59 Å². The van der Waals surface area contributed by atoms with Crippen LogP contribution in [0.15, 0.2) is 47.7 Å². The Hall–Kier alpha value is -3.34. The summed E-state index contributed by atoms with van der Waals surface area (Å²) in [5, 5.41) is 10.1. The second-order valence-corrected chi connectivity index (χ2v) is 10.6. The van der Waals surface area contributed by atoms with Gasteiger partial charge in [-0.15, -0.1) is 0 Å². The molecular formula is C28H33ClN4O5S. The number of thiocarbonyl (C=S) groups is 1. The zero-order valence-electron chi connectivity index (χ0n) is 22.6. The van der Waals surface area contributed by atoms with E-state index in [-0.39, 0.29) is 30.6 Å². The van der Waals surface area contributed by atoms with Gasteiger partial charge in [0.05, 0.1) is 30.9 Å². The van der Waals surface area contributed by atoms with Crippen LogP contribution in [0.2, 0.25) is 5.02 Å². The number of benzene rings is 2. The predicted octanol–water partition coefficient (Wildman–Crippen LogP) is 4.10. The normalized spacial score (nSPS) is 21.1. The lowest BCUT2D eigenvalue weighted by molar-refractivity contribution is -0.145. The number of hydrogen-bond acceptors (Lipinski definition) is 6. The minimum Gasteiger partial charge on any atom is -0.493 e.